The highest BCUT2D eigenvalue weighted by Crippen LogP contribution is 2.21. The lowest BCUT2D eigenvalue weighted by molar-refractivity contribution is 0.0696. The van der Waals surface area contributed by atoms with E-state index in [1.807, 2.05) is 30.3 Å². The number of carboxylic acid groups (broad SMARTS) is 1. The molecule has 1 aliphatic rings. The highest BCUT2D eigenvalue weighted by atomic mass is 16.6. The van der Waals surface area contributed by atoms with Crippen LogP contribution >= 0.6 is 0 Å². The van der Waals surface area contributed by atoms with Crippen LogP contribution in [0.15, 0.2) is 72.9 Å². The number of carbonyl (C=O) groups is 2. The van der Waals surface area contributed by atoms with E-state index in [1.165, 1.54) is 12.1 Å². The number of aromatic carboxylic acids is 1. The SMILES string of the molecule is O=C(O)c1ccc(OC2CCN(C(=O)Oc3ccc(Cc4ccccn4)cc3)CC2)cc1. The molecule has 7 nitrogen and oxygen atoms in total. The standard InChI is InChI=1S/C25H24N2O5/c28-24(29)19-6-10-21(11-7-19)31-23-12-15-27(16-13-23)25(30)32-22-8-4-18(5-9-22)17-20-3-1-2-14-26-20/h1-11,14,23H,12-13,15-17H2,(H,28,29). The molecule has 2 heterocycles. The van der Waals surface area contributed by atoms with Gasteiger partial charge < -0.3 is 19.5 Å². The second kappa shape index (κ2) is 9.96. The number of carboxylic acids is 1. The number of piperidine rings is 1. The number of nitrogens with zero attached hydrogens (tertiary/aromatic N) is 2. The molecule has 1 aliphatic heterocycles. The van der Waals surface area contributed by atoms with E-state index in [9.17, 15) is 9.59 Å². The predicted molar refractivity (Wildman–Crippen MR) is 118 cm³/mol. The average Bonchev–Trinajstić information content (AvgIpc) is 2.82. The molecule has 1 fully saturated rings. The minimum atomic E-state index is -0.966. The molecule has 1 saturated heterocycles. The molecule has 0 bridgehead atoms. The highest BCUT2D eigenvalue weighted by molar-refractivity contribution is 5.87. The lowest BCUT2D eigenvalue weighted by atomic mass is 10.1. The van der Waals surface area contributed by atoms with Gasteiger partial charge in [0, 0.05) is 44.2 Å². The molecule has 1 aromatic heterocycles. The molecule has 164 valence electrons. The summed E-state index contributed by atoms with van der Waals surface area (Å²) in [6.07, 6.45) is 3.46. The number of likely N-dealkylation sites (tertiary alicyclic amines) is 1. The van der Waals surface area contributed by atoms with Crippen LogP contribution < -0.4 is 9.47 Å². The highest BCUT2D eigenvalue weighted by Gasteiger charge is 2.25. The van der Waals surface area contributed by atoms with E-state index in [2.05, 4.69) is 4.98 Å². The topological polar surface area (TPSA) is 89.0 Å². The van der Waals surface area contributed by atoms with Crippen molar-refractivity contribution < 1.29 is 24.2 Å². The number of aromatic nitrogens is 1. The fraction of sp³-hybridized carbons (Fsp3) is 0.240. The number of rotatable bonds is 6. The van der Waals surface area contributed by atoms with Crippen LogP contribution in [0, 0.1) is 0 Å². The smallest absolute Gasteiger partial charge is 0.415 e. The van der Waals surface area contributed by atoms with E-state index >= 15 is 0 Å². The Morgan fingerprint density at radius 1 is 0.938 bits per heavy atom. The number of hydrogen-bond acceptors (Lipinski definition) is 5. The van der Waals surface area contributed by atoms with E-state index in [4.69, 9.17) is 14.6 Å². The first-order valence-electron chi connectivity index (χ1n) is 10.5. The molecule has 0 saturated carbocycles. The number of amides is 1. The molecule has 2 aromatic carbocycles. The Balaban J connectivity index is 1.24. The van der Waals surface area contributed by atoms with Crippen LogP contribution in [-0.2, 0) is 6.42 Å². The van der Waals surface area contributed by atoms with Crippen molar-refractivity contribution in [3.05, 3.63) is 89.7 Å². The van der Waals surface area contributed by atoms with Crippen LogP contribution in [0.2, 0.25) is 0 Å². The summed E-state index contributed by atoms with van der Waals surface area (Å²) in [5, 5.41) is 8.96. The van der Waals surface area contributed by atoms with Crippen LogP contribution in [0.3, 0.4) is 0 Å². The molecular formula is C25H24N2O5. The molecule has 0 spiro atoms. The molecule has 0 unspecified atom stereocenters. The third-order valence-electron chi connectivity index (χ3n) is 5.34. The molecule has 0 aliphatic carbocycles. The van der Waals surface area contributed by atoms with Gasteiger partial charge in [-0.25, -0.2) is 9.59 Å². The van der Waals surface area contributed by atoms with Gasteiger partial charge in [-0.1, -0.05) is 18.2 Å². The summed E-state index contributed by atoms with van der Waals surface area (Å²) < 4.78 is 11.4. The molecule has 1 amide bonds. The van der Waals surface area contributed by atoms with Crippen LogP contribution in [0.4, 0.5) is 4.79 Å². The van der Waals surface area contributed by atoms with Gasteiger partial charge in [-0.2, -0.15) is 0 Å². The zero-order valence-electron chi connectivity index (χ0n) is 17.5. The van der Waals surface area contributed by atoms with Gasteiger partial charge in [0.15, 0.2) is 0 Å². The molecule has 0 atom stereocenters. The summed E-state index contributed by atoms with van der Waals surface area (Å²) in [4.78, 5) is 29.4. The summed E-state index contributed by atoms with van der Waals surface area (Å²) in [6.45, 7) is 1.07. The van der Waals surface area contributed by atoms with E-state index in [0.29, 0.717) is 37.4 Å². The number of ether oxygens (including phenoxy) is 2. The minimum Gasteiger partial charge on any atom is -0.490 e. The summed E-state index contributed by atoms with van der Waals surface area (Å²) >= 11 is 0. The first-order valence-corrected chi connectivity index (χ1v) is 10.5. The summed E-state index contributed by atoms with van der Waals surface area (Å²) in [5.41, 5.74) is 2.30. The molecular weight excluding hydrogens is 408 g/mol. The predicted octanol–water partition coefficient (Wildman–Crippen LogP) is 4.41. The quantitative estimate of drug-likeness (QED) is 0.621. The molecule has 4 rings (SSSR count). The van der Waals surface area contributed by atoms with Crippen LogP contribution in [0.5, 0.6) is 11.5 Å². The van der Waals surface area contributed by atoms with Gasteiger partial charge >= 0.3 is 12.1 Å². The van der Waals surface area contributed by atoms with Gasteiger partial charge in [-0.3, -0.25) is 4.98 Å². The van der Waals surface area contributed by atoms with Crippen LogP contribution in [0.1, 0.15) is 34.5 Å². The minimum absolute atomic E-state index is 0.0272. The maximum Gasteiger partial charge on any atom is 0.415 e. The third kappa shape index (κ3) is 5.63. The zero-order chi connectivity index (χ0) is 22.3. The van der Waals surface area contributed by atoms with Gasteiger partial charge in [-0.05, 0) is 54.1 Å². The van der Waals surface area contributed by atoms with Crippen LogP contribution in [0.25, 0.3) is 0 Å². The monoisotopic (exact) mass is 432 g/mol. The van der Waals surface area contributed by atoms with E-state index in [-0.39, 0.29) is 17.8 Å². The molecule has 3 aromatic rings. The maximum absolute atomic E-state index is 12.5. The summed E-state index contributed by atoms with van der Waals surface area (Å²) in [5.74, 6) is 0.171. The Bertz CT molecular complexity index is 1040. The van der Waals surface area contributed by atoms with Gasteiger partial charge in [-0.15, -0.1) is 0 Å². The summed E-state index contributed by atoms with van der Waals surface area (Å²) in [6, 6.07) is 19.6. The summed E-state index contributed by atoms with van der Waals surface area (Å²) in [7, 11) is 0. The van der Waals surface area contributed by atoms with Crippen molar-refractivity contribution in [3.8, 4) is 11.5 Å². The van der Waals surface area contributed by atoms with Gasteiger partial charge in [0.2, 0.25) is 0 Å². The lowest BCUT2D eigenvalue weighted by Crippen LogP contribution is -2.43. The number of hydrogen-bond donors (Lipinski definition) is 1. The first kappa shape index (κ1) is 21.4. The van der Waals surface area contributed by atoms with Gasteiger partial charge in [0.1, 0.15) is 17.6 Å². The molecule has 1 N–H and O–H groups in total. The van der Waals surface area contributed by atoms with E-state index in [0.717, 1.165) is 17.7 Å². The van der Waals surface area contributed by atoms with Crippen molar-refractivity contribution >= 4 is 12.1 Å². The fourth-order valence-corrected chi connectivity index (χ4v) is 3.58. The van der Waals surface area contributed by atoms with Gasteiger partial charge in [0.25, 0.3) is 0 Å². The van der Waals surface area contributed by atoms with Crippen molar-refractivity contribution in [1.82, 2.24) is 9.88 Å². The van der Waals surface area contributed by atoms with E-state index < -0.39 is 5.97 Å². The Morgan fingerprint density at radius 3 is 2.25 bits per heavy atom. The van der Waals surface area contributed by atoms with Crippen molar-refractivity contribution in [2.45, 2.75) is 25.4 Å². The van der Waals surface area contributed by atoms with Crippen molar-refractivity contribution in [2.75, 3.05) is 13.1 Å². The number of carbonyl (C=O) groups excluding carboxylic acids is 1. The van der Waals surface area contributed by atoms with Crippen molar-refractivity contribution in [1.29, 1.82) is 0 Å². The first-order chi connectivity index (χ1) is 15.6. The lowest BCUT2D eigenvalue weighted by Gasteiger charge is -2.31. The maximum atomic E-state index is 12.5. The number of benzene rings is 2. The average molecular weight is 432 g/mol. The Kier molecular flexibility index (Phi) is 6.65. The molecule has 0 radical (unpaired) electrons. The van der Waals surface area contributed by atoms with Crippen molar-refractivity contribution in [3.63, 3.8) is 0 Å². The van der Waals surface area contributed by atoms with E-state index in [1.54, 1.807) is 35.4 Å². The zero-order valence-corrected chi connectivity index (χ0v) is 17.5. The Labute approximate surface area is 186 Å². The largest absolute Gasteiger partial charge is 0.490 e. The van der Waals surface area contributed by atoms with Crippen molar-refractivity contribution in [2.24, 2.45) is 0 Å². The third-order valence-corrected chi connectivity index (χ3v) is 5.34. The second-order valence-corrected chi connectivity index (χ2v) is 7.64. The van der Waals surface area contributed by atoms with Crippen LogP contribution in [-0.4, -0.2) is 46.2 Å². The van der Waals surface area contributed by atoms with Gasteiger partial charge in [0.05, 0.1) is 5.56 Å². The molecule has 32 heavy (non-hydrogen) atoms. The number of pyridine rings is 1. The Hall–Kier alpha value is -3.87. The normalized spacial score (nSPS) is 14.1. The second-order valence-electron chi connectivity index (χ2n) is 7.64. The molecule has 7 heteroatoms. The fourth-order valence-electron chi connectivity index (χ4n) is 3.58. The Morgan fingerprint density at radius 2 is 1.62 bits per heavy atom.